The number of H-pyrrole nitrogens is 1. The zero-order chi connectivity index (χ0) is 25.4. The molecule has 3 aromatic rings. The lowest BCUT2D eigenvalue weighted by Crippen LogP contribution is -2.49. The Morgan fingerprint density at radius 1 is 1.22 bits per heavy atom. The van der Waals surface area contributed by atoms with Crippen LogP contribution < -0.4 is 10.6 Å². The predicted molar refractivity (Wildman–Crippen MR) is 130 cm³/mol. The standard InChI is InChI=1S/C27H24F2N4O3/c1-2-4-20(34)15-7-10-27(11-8-15)14-31-26(36)21-23(32-19-6-3-5-17(28)24(19)35)22(33-25(21)27)16-9-12-30-13-18(16)29/h3,5-6,9,12-13,15,32-33,35H,7-8,10-11,14H2,1H3,(H,31,36). The Hall–Kier alpha value is -4.19. The number of rotatable bonds is 4. The Kier molecular flexibility index (Phi) is 5.96. The molecule has 184 valence electrons. The van der Waals surface area contributed by atoms with E-state index in [-0.39, 0.29) is 45.8 Å². The van der Waals surface area contributed by atoms with Crippen LogP contribution in [-0.2, 0) is 10.2 Å². The van der Waals surface area contributed by atoms with E-state index in [0.29, 0.717) is 37.9 Å². The van der Waals surface area contributed by atoms with Gasteiger partial charge in [0.05, 0.1) is 28.8 Å². The number of para-hydroxylation sites is 1. The van der Waals surface area contributed by atoms with Gasteiger partial charge in [0.25, 0.3) is 5.91 Å². The Labute approximate surface area is 206 Å². The van der Waals surface area contributed by atoms with Crippen molar-refractivity contribution in [2.24, 2.45) is 5.92 Å². The molecule has 1 aromatic carbocycles. The molecule has 1 spiro atoms. The van der Waals surface area contributed by atoms with E-state index in [4.69, 9.17) is 0 Å². The summed E-state index contributed by atoms with van der Waals surface area (Å²) in [6.07, 6.45) is 4.95. The van der Waals surface area contributed by atoms with E-state index in [2.05, 4.69) is 32.4 Å². The summed E-state index contributed by atoms with van der Waals surface area (Å²) in [5, 5.41) is 16.2. The maximum absolute atomic E-state index is 14.9. The summed E-state index contributed by atoms with van der Waals surface area (Å²) in [4.78, 5) is 32.6. The Bertz CT molecular complexity index is 1430. The predicted octanol–water partition coefficient (Wildman–Crippen LogP) is 4.57. The Morgan fingerprint density at radius 2 is 2.00 bits per heavy atom. The smallest absolute Gasteiger partial charge is 0.255 e. The molecule has 5 rings (SSSR count). The highest BCUT2D eigenvalue weighted by molar-refractivity contribution is 6.07. The minimum Gasteiger partial charge on any atom is -0.503 e. The second-order valence-corrected chi connectivity index (χ2v) is 9.22. The summed E-state index contributed by atoms with van der Waals surface area (Å²) in [6.45, 7) is 2.00. The van der Waals surface area contributed by atoms with E-state index in [0.717, 1.165) is 12.3 Å². The third-order valence-corrected chi connectivity index (χ3v) is 7.19. The van der Waals surface area contributed by atoms with Gasteiger partial charge in [0.2, 0.25) is 5.78 Å². The number of aromatic hydroxyl groups is 1. The monoisotopic (exact) mass is 490 g/mol. The van der Waals surface area contributed by atoms with Crippen LogP contribution in [0.3, 0.4) is 0 Å². The molecule has 1 amide bonds. The van der Waals surface area contributed by atoms with Crippen molar-refractivity contribution in [3.63, 3.8) is 0 Å². The van der Waals surface area contributed by atoms with Gasteiger partial charge >= 0.3 is 0 Å². The highest BCUT2D eigenvalue weighted by atomic mass is 19.1. The molecular weight excluding hydrogens is 466 g/mol. The van der Waals surface area contributed by atoms with Gasteiger partial charge in [-0.25, -0.2) is 8.78 Å². The topological polar surface area (TPSA) is 107 Å². The van der Waals surface area contributed by atoms with Gasteiger partial charge in [0.15, 0.2) is 17.4 Å². The summed E-state index contributed by atoms with van der Waals surface area (Å²) < 4.78 is 28.9. The van der Waals surface area contributed by atoms with Crippen molar-refractivity contribution in [3.8, 4) is 28.8 Å². The summed E-state index contributed by atoms with van der Waals surface area (Å²) in [6, 6.07) is 5.47. The van der Waals surface area contributed by atoms with Gasteiger partial charge in [-0.1, -0.05) is 12.0 Å². The van der Waals surface area contributed by atoms with E-state index >= 15 is 0 Å². The number of nitrogens with zero attached hydrogens (tertiary/aromatic N) is 1. The molecule has 36 heavy (non-hydrogen) atoms. The van der Waals surface area contributed by atoms with Crippen LogP contribution in [-0.4, -0.2) is 33.3 Å². The van der Waals surface area contributed by atoms with Crippen molar-refractivity contribution >= 4 is 23.1 Å². The zero-order valence-corrected chi connectivity index (χ0v) is 19.5. The van der Waals surface area contributed by atoms with Gasteiger partial charge in [-0.3, -0.25) is 14.6 Å². The van der Waals surface area contributed by atoms with E-state index < -0.39 is 22.8 Å². The number of halogens is 2. The second-order valence-electron chi connectivity index (χ2n) is 9.22. The number of hydrogen-bond donors (Lipinski definition) is 4. The fourth-order valence-electron chi connectivity index (χ4n) is 5.29. The summed E-state index contributed by atoms with van der Waals surface area (Å²) in [7, 11) is 0. The third-order valence-electron chi connectivity index (χ3n) is 7.19. The fraction of sp³-hybridized carbons (Fsp3) is 0.296. The average molecular weight is 491 g/mol. The first-order valence-corrected chi connectivity index (χ1v) is 11.7. The van der Waals surface area contributed by atoms with Crippen LogP contribution in [0.15, 0.2) is 36.7 Å². The minimum absolute atomic E-state index is 0.0346. The van der Waals surface area contributed by atoms with Crippen LogP contribution in [0.5, 0.6) is 5.75 Å². The lowest BCUT2D eigenvalue weighted by atomic mass is 9.65. The fourth-order valence-corrected chi connectivity index (χ4v) is 5.29. The second kappa shape index (κ2) is 9.11. The molecule has 2 aliphatic rings. The third kappa shape index (κ3) is 3.88. The molecule has 7 nitrogen and oxygen atoms in total. The molecule has 0 unspecified atom stereocenters. The minimum atomic E-state index is -0.833. The number of amides is 1. The molecule has 0 saturated heterocycles. The van der Waals surface area contributed by atoms with Gasteiger partial charge < -0.3 is 20.7 Å². The normalized spacial score (nSPS) is 20.8. The summed E-state index contributed by atoms with van der Waals surface area (Å²) >= 11 is 0. The molecule has 0 atom stereocenters. The van der Waals surface area contributed by atoms with Gasteiger partial charge in [-0.2, -0.15) is 0 Å². The number of benzene rings is 1. The lowest BCUT2D eigenvalue weighted by molar-refractivity contribution is -0.118. The number of phenols is 1. The van der Waals surface area contributed by atoms with E-state index in [9.17, 15) is 23.5 Å². The van der Waals surface area contributed by atoms with E-state index in [1.54, 1.807) is 6.92 Å². The van der Waals surface area contributed by atoms with Crippen LogP contribution in [0.25, 0.3) is 11.3 Å². The summed E-state index contributed by atoms with van der Waals surface area (Å²) in [5.74, 6) is 2.62. The first kappa shape index (κ1) is 23.5. The van der Waals surface area contributed by atoms with Crippen molar-refractivity contribution in [2.45, 2.75) is 38.0 Å². The number of fused-ring (bicyclic) bond motifs is 2. The highest BCUT2D eigenvalue weighted by Gasteiger charge is 2.46. The largest absolute Gasteiger partial charge is 0.503 e. The Balaban J connectivity index is 1.64. The average Bonchev–Trinajstić information content (AvgIpc) is 3.26. The quantitative estimate of drug-likeness (QED) is 0.244. The maximum atomic E-state index is 14.9. The number of phenolic OH excluding ortho intramolecular Hbond substituents is 1. The van der Waals surface area contributed by atoms with Gasteiger partial charge in [-0.15, -0.1) is 0 Å². The number of ketones is 1. The molecule has 9 heteroatoms. The number of carbonyl (C=O) groups excluding carboxylic acids is 2. The SMILES string of the molecule is CC#CC(=O)C1CCC2(CC1)CNC(=O)c1c2[nH]c(-c2ccncc2F)c1Nc1cccc(F)c1O. The number of aromatic amines is 1. The van der Waals surface area contributed by atoms with Gasteiger partial charge in [-0.05, 0) is 56.7 Å². The summed E-state index contributed by atoms with van der Waals surface area (Å²) in [5.41, 5.74) is 1.12. The van der Waals surface area contributed by atoms with Crippen molar-refractivity contribution in [3.05, 3.63) is 59.6 Å². The number of nitrogens with one attached hydrogen (secondary N) is 3. The number of hydrogen-bond acceptors (Lipinski definition) is 5. The van der Waals surface area contributed by atoms with Crippen LogP contribution >= 0.6 is 0 Å². The number of pyridine rings is 1. The molecule has 1 aliphatic carbocycles. The van der Waals surface area contributed by atoms with Crippen molar-refractivity contribution < 1.29 is 23.5 Å². The van der Waals surface area contributed by atoms with Gasteiger partial charge in [0.1, 0.15) is 0 Å². The van der Waals surface area contributed by atoms with Crippen molar-refractivity contribution in [1.29, 1.82) is 0 Å². The molecule has 1 aliphatic heterocycles. The highest BCUT2D eigenvalue weighted by Crippen LogP contribution is 2.49. The van der Waals surface area contributed by atoms with E-state index in [1.165, 1.54) is 24.4 Å². The molecule has 4 N–H and O–H groups in total. The van der Waals surface area contributed by atoms with Crippen LogP contribution in [0.1, 0.15) is 48.7 Å². The first-order chi connectivity index (χ1) is 17.3. The number of carbonyl (C=O) groups is 2. The molecule has 0 radical (unpaired) electrons. The number of aromatic nitrogens is 2. The van der Waals surface area contributed by atoms with Crippen molar-refractivity contribution in [2.75, 3.05) is 11.9 Å². The molecule has 2 aromatic heterocycles. The maximum Gasteiger partial charge on any atom is 0.255 e. The van der Waals surface area contributed by atoms with Crippen LogP contribution in [0.2, 0.25) is 0 Å². The molecule has 1 saturated carbocycles. The number of Topliss-reactive ketones (excluding diaryl/α,β-unsaturated/α-hetero) is 1. The van der Waals surface area contributed by atoms with E-state index in [1.807, 2.05) is 0 Å². The Morgan fingerprint density at radius 3 is 2.72 bits per heavy atom. The van der Waals surface area contributed by atoms with Crippen LogP contribution in [0.4, 0.5) is 20.2 Å². The molecule has 1 fully saturated rings. The van der Waals surface area contributed by atoms with Crippen LogP contribution in [0, 0.1) is 29.4 Å². The first-order valence-electron chi connectivity index (χ1n) is 11.7. The van der Waals surface area contributed by atoms with Crippen molar-refractivity contribution in [1.82, 2.24) is 15.3 Å². The zero-order valence-electron chi connectivity index (χ0n) is 19.5. The molecule has 3 heterocycles. The van der Waals surface area contributed by atoms with Gasteiger partial charge in [0, 0.05) is 35.3 Å². The number of anilines is 2. The lowest BCUT2D eigenvalue weighted by Gasteiger charge is -2.42. The molecule has 0 bridgehead atoms. The molecular formula is C27H24F2N4O3.